The highest BCUT2D eigenvalue weighted by Gasteiger charge is 2.54. The first-order valence-corrected chi connectivity index (χ1v) is 43.0. The summed E-state index contributed by atoms with van der Waals surface area (Å²) in [6.07, 6.45) is 11.4. The third-order valence-corrected chi connectivity index (χ3v) is 24.6. The van der Waals surface area contributed by atoms with E-state index in [0.717, 1.165) is 72.5 Å². The molecule has 0 bridgehead atoms. The van der Waals surface area contributed by atoms with Gasteiger partial charge in [0.1, 0.15) is 0 Å². The molecule has 12 nitrogen and oxygen atoms in total. The van der Waals surface area contributed by atoms with Crippen LogP contribution in [0, 0.1) is 32.5 Å². The van der Waals surface area contributed by atoms with E-state index < -0.39 is 0 Å². The zero-order valence-corrected chi connectivity index (χ0v) is 73.9. The molecule has 0 aromatic heterocycles. The van der Waals surface area contributed by atoms with Crippen molar-refractivity contribution in [3.05, 3.63) is 0 Å². The Morgan fingerprint density at radius 2 is 0.283 bits per heavy atom. The first kappa shape index (κ1) is 98.5. The lowest BCUT2D eigenvalue weighted by atomic mass is 9.71. The van der Waals surface area contributed by atoms with Gasteiger partial charge in [-0.25, -0.2) is 0 Å². The summed E-state index contributed by atoms with van der Waals surface area (Å²) >= 11 is 0. The lowest BCUT2D eigenvalue weighted by molar-refractivity contribution is -0.135. The van der Waals surface area contributed by atoms with E-state index in [0.29, 0.717) is 32.5 Å². The minimum Gasteiger partial charge on any atom is -0.301 e. The molecule has 12 aliphatic heterocycles. The summed E-state index contributed by atoms with van der Waals surface area (Å²) in [5, 5.41) is 0. The number of nitrogens with zero attached hydrogens (tertiary/aromatic N) is 12. The summed E-state index contributed by atoms with van der Waals surface area (Å²) in [5.41, 5.74) is 4.12. The monoisotopic (exact) mass is 1400 g/mol. The van der Waals surface area contributed by atoms with E-state index in [9.17, 15) is 0 Å². The van der Waals surface area contributed by atoms with Crippen LogP contribution in [0.5, 0.6) is 0 Å². The Hall–Kier alpha value is -0.480. The number of hydrogen-bond acceptors (Lipinski definition) is 12. The largest absolute Gasteiger partial charge is 0.301 e. The summed E-state index contributed by atoms with van der Waals surface area (Å²) in [7, 11) is 0. The van der Waals surface area contributed by atoms with Gasteiger partial charge in [0.05, 0.1) is 0 Å². The van der Waals surface area contributed by atoms with Crippen molar-refractivity contribution in [1.29, 1.82) is 0 Å². The maximum absolute atomic E-state index is 2.67. The van der Waals surface area contributed by atoms with Gasteiger partial charge in [0.25, 0.3) is 0 Å². The van der Waals surface area contributed by atoms with Crippen molar-refractivity contribution in [2.45, 2.75) is 381 Å². The van der Waals surface area contributed by atoms with Crippen LogP contribution in [0.4, 0.5) is 0 Å². The van der Waals surface area contributed by atoms with Crippen molar-refractivity contribution in [3.8, 4) is 0 Å². The lowest BCUT2D eigenvalue weighted by Gasteiger charge is -2.62. The van der Waals surface area contributed by atoms with E-state index in [-0.39, 0.29) is 7.43 Å². The molecule has 12 rings (SSSR count). The number of rotatable bonds is 12. The summed E-state index contributed by atoms with van der Waals surface area (Å²) in [6, 6.07) is 8.91. The molecule has 0 aromatic carbocycles. The molecule has 596 valence electrons. The highest BCUT2D eigenvalue weighted by Crippen LogP contribution is 2.46. The Morgan fingerprint density at radius 3 is 0.465 bits per heavy atom. The number of piperidine rings is 3. The van der Waals surface area contributed by atoms with Crippen molar-refractivity contribution >= 4 is 0 Å². The van der Waals surface area contributed by atoms with Crippen LogP contribution in [-0.4, -0.2) is 288 Å². The van der Waals surface area contributed by atoms with Crippen molar-refractivity contribution in [1.82, 2.24) is 58.8 Å². The molecule has 12 heteroatoms. The Kier molecular flexibility index (Phi) is 46.4. The van der Waals surface area contributed by atoms with Gasteiger partial charge in [-0.15, -0.1) is 0 Å². The van der Waals surface area contributed by atoms with Gasteiger partial charge < -0.3 is 24.5 Å². The number of likely N-dealkylation sites (tertiary alicyclic amines) is 12. The predicted octanol–water partition coefficient (Wildman–Crippen LogP) is 18.4. The van der Waals surface area contributed by atoms with Crippen molar-refractivity contribution in [3.63, 3.8) is 0 Å². The molecule has 99 heavy (non-hydrogen) atoms. The van der Waals surface area contributed by atoms with Crippen LogP contribution in [0.15, 0.2) is 0 Å². The average Bonchev–Trinajstić information content (AvgIpc) is 1.48. The van der Waals surface area contributed by atoms with Gasteiger partial charge in [0.15, 0.2) is 0 Å². The smallest absolute Gasteiger partial charge is 0.0212 e. The second kappa shape index (κ2) is 46.7. The zero-order valence-electron chi connectivity index (χ0n) is 73.9. The molecule has 12 saturated heterocycles. The van der Waals surface area contributed by atoms with Crippen LogP contribution >= 0.6 is 0 Å². The summed E-state index contributed by atoms with van der Waals surface area (Å²) in [4.78, 5) is 31.4. The summed E-state index contributed by atoms with van der Waals surface area (Å²) < 4.78 is 0. The maximum Gasteiger partial charge on any atom is 0.0212 e. The second-order valence-electron chi connectivity index (χ2n) is 35.5. The Labute approximate surface area is 625 Å². The predicted molar refractivity (Wildman–Crippen MR) is 447 cm³/mol. The minimum atomic E-state index is 0. The van der Waals surface area contributed by atoms with E-state index in [2.05, 4.69) is 225 Å². The standard InChI is InChI=1S/3C13H26N2.2C12H24N2.C11H22N2.6C2H6.CH4/c2*1-11(2)14-7-5-13(6-8-14)9-15(10-13)12(3)4;1-11(2)14-7-5-6-13(8-14)9-15(10-13)12(3)4;2*1-10(2)13-6-5-12(7-13)8-14(9-12)11(3)4;1-9(2)12-5-11(6-12)7-13(8-11)10(3)4;6*1-2;/h3*11-12H,5-10H2,1-4H3;2*10-11H,5-9H2,1-4H3;9-10H,5-8H2,1-4H3;6*1-2H3;1H4. The van der Waals surface area contributed by atoms with E-state index >= 15 is 0 Å². The van der Waals surface area contributed by atoms with E-state index in [1.165, 1.54) is 208 Å². The van der Waals surface area contributed by atoms with E-state index in [1.807, 2.05) is 83.1 Å². The van der Waals surface area contributed by atoms with Gasteiger partial charge in [-0.1, -0.05) is 90.5 Å². The molecule has 0 saturated carbocycles. The third kappa shape index (κ3) is 28.9. The molecule has 0 atom stereocenters. The fourth-order valence-electron chi connectivity index (χ4n) is 17.4. The minimum absolute atomic E-state index is 0. The molecule has 6 spiro atoms. The molecular formula is C87H188N12. The van der Waals surface area contributed by atoms with Crippen molar-refractivity contribution < 1.29 is 0 Å². The fraction of sp³-hybridized carbons (Fsp3) is 1.00. The first-order chi connectivity index (χ1) is 46.1. The van der Waals surface area contributed by atoms with Crippen LogP contribution in [0.3, 0.4) is 0 Å². The maximum atomic E-state index is 2.67. The fourth-order valence-corrected chi connectivity index (χ4v) is 17.4. The van der Waals surface area contributed by atoms with E-state index in [1.54, 1.807) is 0 Å². The zero-order chi connectivity index (χ0) is 75.5. The molecular weight excluding hydrogens is 1210 g/mol. The highest BCUT2D eigenvalue weighted by atomic mass is 15.3. The Bertz CT molecular complexity index is 1830. The highest BCUT2D eigenvalue weighted by molar-refractivity contribution is 5.08. The van der Waals surface area contributed by atoms with Gasteiger partial charge in [0, 0.05) is 205 Å². The molecule has 0 aliphatic carbocycles. The van der Waals surface area contributed by atoms with Crippen LogP contribution in [0.25, 0.3) is 0 Å². The van der Waals surface area contributed by atoms with E-state index in [4.69, 9.17) is 0 Å². The second-order valence-corrected chi connectivity index (χ2v) is 35.5. The molecule has 12 heterocycles. The van der Waals surface area contributed by atoms with Crippen LogP contribution in [0.2, 0.25) is 0 Å². The molecule has 0 radical (unpaired) electrons. The van der Waals surface area contributed by atoms with Crippen LogP contribution in [-0.2, 0) is 0 Å². The SMILES string of the molecule is C.CC.CC.CC.CC.CC.CC.CC(C)N1CC2(C1)CN(C(C)C)C2.CC(C)N1CCC2(C1)CN(C(C)C)C2.CC(C)N1CCC2(C1)CN(C(C)C)C2.CC(C)N1CCC2(CC1)CN(C(C)C)C2.CC(C)N1CCC2(CC1)CN(C(C)C)C2.CC(C)N1CCCC2(C1)CN(C(C)C)C2. The average molecular weight is 1400 g/mol. The normalized spacial score (nSPS) is 24.5. The van der Waals surface area contributed by atoms with Gasteiger partial charge in [-0.05, 0) is 274 Å². The van der Waals surface area contributed by atoms with Crippen LogP contribution < -0.4 is 0 Å². The Morgan fingerprint density at radius 1 is 0.152 bits per heavy atom. The quantitative estimate of drug-likeness (QED) is 0.187. The van der Waals surface area contributed by atoms with Gasteiger partial charge >= 0.3 is 0 Å². The molecule has 0 unspecified atom stereocenters. The van der Waals surface area contributed by atoms with Gasteiger partial charge in [-0.3, -0.25) is 34.3 Å². The molecule has 12 fully saturated rings. The van der Waals surface area contributed by atoms with Gasteiger partial charge in [-0.2, -0.15) is 0 Å². The lowest BCUT2D eigenvalue weighted by Crippen LogP contribution is -2.73. The van der Waals surface area contributed by atoms with Gasteiger partial charge in [0.2, 0.25) is 0 Å². The molecule has 0 aromatic rings. The van der Waals surface area contributed by atoms with Crippen molar-refractivity contribution in [2.75, 3.05) is 157 Å². The Balaban J connectivity index is 0.00000113. The summed E-state index contributed by atoms with van der Waals surface area (Å²) in [5.74, 6) is 0. The van der Waals surface area contributed by atoms with Crippen LogP contribution in [0.1, 0.15) is 308 Å². The van der Waals surface area contributed by atoms with Crippen molar-refractivity contribution in [2.24, 2.45) is 32.5 Å². The summed E-state index contributed by atoms with van der Waals surface area (Å²) in [6.45, 7) is 112. The molecule has 12 aliphatic rings. The third-order valence-electron chi connectivity index (χ3n) is 24.6. The number of hydrogen-bond donors (Lipinski definition) is 0. The first-order valence-electron chi connectivity index (χ1n) is 43.0. The molecule has 0 N–H and O–H groups in total. The topological polar surface area (TPSA) is 38.9 Å². The molecule has 0 amide bonds.